The van der Waals surface area contributed by atoms with Gasteiger partial charge in [0.25, 0.3) is 5.91 Å². The summed E-state index contributed by atoms with van der Waals surface area (Å²) in [5.74, 6) is -0.317. The van der Waals surface area contributed by atoms with Gasteiger partial charge in [0, 0.05) is 11.6 Å². The number of amides is 2. The predicted molar refractivity (Wildman–Crippen MR) is 69.3 cm³/mol. The number of aryl methyl sites for hydroxylation is 1. The second-order valence-corrected chi connectivity index (χ2v) is 4.75. The first-order valence-electron chi connectivity index (χ1n) is 6.29. The third kappa shape index (κ3) is 3.32. The molecule has 18 heavy (non-hydrogen) atoms. The molecule has 0 unspecified atom stereocenters. The van der Waals surface area contributed by atoms with Crippen molar-refractivity contribution in [2.45, 2.75) is 32.2 Å². The van der Waals surface area contributed by atoms with Gasteiger partial charge in [0.2, 0.25) is 5.91 Å². The second-order valence-electron chi connectivity index (χ2n) is 4.75. The van der Waals surface area contributed by atoms with Gasteiger partial charge in [0.1, 0.15) is 0 Å². The van der Waals surface area contributed by atoms with Crippen LogP contribution in [0.4, 0.5) is 0 Å². The van der Waals surface area contributed by atoms with E-state index in [1.807, 2.05) is 19.1 Å². The van der Waals surface area contributed by atoms with Gasteiger partial charge in [-0.2, -0.15) is 0 Å². The van der Waals surface area contributed by atoms with Gasteiger partial charge in [-0.1, -0.05) is 17.7 Å². The Balaban J connectivity index is 1.78. The highest BCUT2D eigenvalue weighted by atomic mass is 16.2. The molecule has 1 fully saturated rings. The zero-order valence-electron chi connectivity index (χ0n) is 10.5. The van der Waals surface area contributed by atoms with Crippen LogP contribution in [-0.2, 0) is 4.79 Å². The molecule has 1 aromatic carbocycles. The fourth-order valence-corrected chi connectivity index (χ4v) is 1.88. The highest BCUT2D eigenvalue weighted by Gasteiger charge is 2.19. The van der Waals surface area contributed by atoms with Gasteiger partial charge in [-0.3, -0.25) is 9.59 Å². The highest BCUT2D eigenvalue weighted by molar-refractivity contribution is 5.96. The molecule has 0 heterocycles. The van der Waals surface area contributed by atoms with Crippen LogP contribution >= 0.6 is 0 Å². The van der Waals surface area contributed by atoms with Gasteiger partial charge in [-0.25, -0.2) is 0 Å². The number of carbonyl (C=O) groups is 2. The molecule has 0 spiro atoms. The van der Waals surface area contributed by atoms with Crippen LogP contribution in [0.15, 0.2) is 24.3 Å². The maximum absolute atomic E-state index is 11.8. The van der Waals surface area contributed by atoms with Gasteiger partial charge < -0.3 is 10.6 Å². The molecule has 0 saturated heterocycles. The van der Waals surface area contributed by atoms with E-state index >= 15 is 0 Å². The van der Waals surface area contributed by atoms with E-state index in [2.05, 4.69) is 10.6 Å². The number of rotatable bonds is 4. The summed E-state index contributed by atoms with van der Waals surface area (Å²) in [6.45, 7) is 1.98. The summed E-state index contributed by atoms with van der Waals surface area (Å²) in [6.07, 6.45) is 3.29. The topological polar surface area (TPSA) is 58.2 Å². The predicted octanol–water partition coefficient (Wildman–Crippen LogP) is 1.39. The smallest absolute Gasteiger partial charge is 0.251 e. The molecule has 1 saturated carbocycles. The maximum atomic E-state index is 11.8. The minimum Gasteiger partial charge on any atom is -0.352 e. The molecule has 2 N–H and O–H groups in total. The SMILES string of the molecule is Cc1cccc(C(=O)NCC(=O)NC2CCC2)c1. The van der Waals surface area contributed by atoms with Crippen molar-refractivity contribution < 1.29 is 9.59 Å². The van der Waals surface area contributed by atoms with E-state index in [0.717, 1.165) is 18.4 Å². The summed E-state index contributed by atoms with van der Waals surface area (Å²) in [6, 6.07) is 7.62. The molecule has 2 rings (SSSR count). The Morgan fingerprint density at radius 3 is 2.72 bits per heavy atom. The van der Waals surface area contributed by atoms with E-state index in [9.17, 15) is 9.59 Å². The average Bonchev–Trinajstić information content (AvgIpc) is 2.31. The molecule has 0 aliphatic heterocycles. The Bertz CT molecular complexity index is 453. The summed E-state index contributed by atoms with van der Waals surface area (Å²) < 4.78 is 0. The Morgan fingerprint density at radius 1 is 1.33 bits per heavy atom. The first kappa shape index (κ1) is 12.6. The molecule has 0 aromatic heterocycles. The molecule has 1 aliphatic rings. The first-order chi connectivity index (χ1) is 8.65. The van der Waals surface area contributed by atoms with E-state index in [4.69, 9.17) is 0 Å². The second kappa shape index (κ2) is 5.67. The van der Waals surface area contributed by atoms with Crippen LogP contribution in [0.5, 0.6) is 0 Å². The van der Waals surface area contributed by atoms with Crippen LogP contribution in [0.3, 0.4) is 0 Å². The Kier molecular flexibility index (Phi) is 3.97. The maximum Gasteiger partial charge on any atom is 0.251 e. The van der Waals surface area contributed by atoms with E-state index in [1.165, 1.54) is 6.42 Å². The van der Waals surface area contributed by atoms with Crippen LogP contribution < -0.4 is 10.6 Å². The molecular formula is C14H18N2O2. The molecule has 4 nitrogen and oxygen atoms in total. The number of nitrogens with one attached hydrogen (secondary N) is 2. The monoisotopic (exact) mass is 246 g/mol. The van der Waals surface area contributed by atoms with Crippen molar-refractivity contribution in [3.63, 3.8) is 0 Å². The van der Waals surface area contributed by atoms with Gasteiger partial charge in [0.15, 0.2) is 0 Å². The molecule has 2 amide bonds. The van der Waals surface area contributed by atoms with Crippen LogP contribution in [0.2, 0.25) is 0 Å². The number of carbonyl (C=O) groups excluding carboxylic acids is 2. The zero-order chi connectivity index (χ0) is 13.0. The van der Waals surface area contributed by atoms with E-state index in [-0.39, 0.29) is 18.4 Å². The van der Waals surface area contributed by atoms with Crippen molar-refractivity contribution in [3.8, 4) is 0 Å². The van der Waals surface area contributed by atoms with Gasteiger partial charge >= 0.3 is 0 Å². The molecule has 0 radical (unpaired) electrons. The molecular weight excluding hydrogens is 228 g/mol. The molecule has 96 valence electrons. The Labute approximate surface area is 107 Å². The lowest BCUT2D eigenvalue weighted by molar-refractivity contribution is -0.121. The summed E-state index contributed by atoms with van der Waals surface area (Å²) in [5.41, 5.74) is 1.62. The summed E-state index contributed by atoms with van der Waals surface area (Å²) in [5, 5.41) is 5.51. The van der Waals surface area contributed by atoms with E-state index < -0.39 is 0 Å². The lowest BCUT2D eigenvalue weighted by Gasteiger charge is -2.26. The first-order valence-corrected chi connectivity index (χ1v) is 6.29. The van der Waals surface area contributed by atoms with Crippen LogP contribution in [0.1, 0.15) is 35.2 Å². The summed E-state index contributed by atoms with van der Waals surface area (Å²) in [4.78, 5) is 23.3. The Morgan fingerprint density at radius 2 is 2.11 bits per heavy atom. The van der Waals surface area contributed by atoms with Crippen LogP contribution in [0, 0.1) is 6.92 Å². The summed E-state index contributed by atoms with van der Waals surface area (Å²) in [7, 11) is 0. The van der Waals surface area contributed by atoms with Crippen molar-refractivity contribution in [2.75, 3.05) is 6.54 Å². The highest BCUT2D eigenvalue weighted by Crippen LogP contribution is 2.17. The van der Waals surface area contributed by atoms with Crippen molar-refractivity contribution in [1.82, 2.24) is 10.6 Å². The quantitative estimate of drug-likeness (QED) is 0.843. The van der Waals surface area contributed by atoms with Crippen LogP contribution in [-0.4, -0.2) is 24.4 Å². The molecule has 4 heteroatoms. The molecule has 0 bridgehead atoms. The standard InChI is InChI=1S/C14H18N2O2/c1-10-4-2-5-11(8-10)14(18)15-9-13(17)16-12-6-3-7-12/h2,4-5,8,12H,3,6-7,9H2,1H3,(H,15,18)(H,16,17). The van der Waals surface area contributed by atoms with Crippen molar-refractivity contribution in [1.29, 1.82) is 0 Å². The number of hydrogen-bond donors (Lipinski definition) is 2. The molecule has 1 aromatic rings. The lowest BCUT2D eigenvalue weighted by atomic mass is 9.93. The van der Waals surface area contributed by atoms with Crippen molar-refractivity contribution >= 4 is 11.8 Å². The lowest BCUT2D eigenvalue weighted by Crippen LogP contribution is -2.44. The van der Waals surface area contributed by atoms with Crippen molar-refractivity contribution in [3.05, 3.63) is 35.4 Å². The average molecular weight is 246 g/mol. The minimum absolute atomic E-state index is 0.0449. The largest absolute Gasteiger partial charge is 0.352 e. The fraction of sp³-hybridized carbons (Fsp3) is 0.429. The van der Waals surface area contributed by atoms with Gasteiger partial charge in [-0.05, 0) is 38.3 Å². The van der Waals surface area contributed by atoms with E-state index in [0.29, 0.717) is 11.6 Å². The number of benzene rings is 1. The van der Waals surface area contributed by atoms with E-state index in [1.54, 1.807) is 12.1 Å². The van der Waals surface area contributed by atoms with Gasteiger partial charge in [-0.15, -0.1) is 0 Å². The molecule has 1 aliphatic carbocycles. The van der Waals surface area contributed by atoms with Gasteiger partial charge in [0.05, 0.1) is 6.54 Å². The number of hydrogen-bond acceptors (Lipinski definition) is 2. The normalized spacial score (nSPS) is 14.7. The van der Waals surface area contributed by atoms with Crippen molar-refractivity contribution in [2.24, 2.45) is 0 Å². The summed E-state index contributed by atoms with van der Waals surface area (Å²) >= 11 is 0. The molecule has 0 atom stereocenters. The third-order valence-electron chi connectivity index (χ3n) is 3.16. The zero-order valence-corrected chi connectivity index (χ0v) is 10.5. The third-order valence-corrected chi connectivity index (χ3v) is 3.16. The minimum atomic E-state index is -0.206. The Hall–Kier alpha value is -1.84. The fourth-order valence-electron chi connectivity index (χ4n) is 1.88. The van der Waals surface area contributed by atoms with Crippen LogP contribution in [0.25, 0.3) is 0 Å².